The number of carbonyl (C=O) groups excluding carboxylic acids is 1. The molecule has 1 saturated heterocycles. The monoisotopic (exact) mass is 297 g/mol. The molecule has 2 N–H and O–H groups in total. The highest BCUT2D eigenvalue weighted by molar-refractivity contribution is 7.90. The number of amides is 1. The zero-order valence-corrected chi connectivity index (χ0v) is 11.5. The maximum absolute atomic E-state index is 12.1. The number of aliphatic hydroxyl groups excluding tert-OH is 1. The van der Waals surface area contributed by atoms with Crippen LogP contribution in [0, 0.1) is 5.92 Å². The molecule has 1 aliphatic carbocycles. The van der Waals surface area contributed by atoms with Crippen LogP contribution in [0.2, 0.25) is 0 Å². The van der Waals surface area contributed by atoms with Crippen LogP contribution in [0.15, 0.2) is 23.2 Å². The van der Waals surface area contributed by atoms with Crippen molar-refractivity contribution in [1.82, 2.24) is 9.71 Å². The topological polar surface area (TPSA) is 99.6 Å². The molecule has 0 unspecified atom stereocenters. The Balaban J connectivity index is 1.78. The number of rotatable bonds is 4. The van der Waals surface area contributed by atoms with Crippen molar-refractivity contribution in [2.24, 2.45) is 5.92 Å². The lowest BCUT2D eigenvalue weighted by Gasteiger charge is -2.36. The summed E-state index contributed by atoms with van der Waals surface area (Å²) >= 11 is 0. The molecule has 20 heavy (non-hydrogen) atoms. The molecule has 0 spiro atoms. The van der Waals surface area contributed by atoms with Crippen LogP contribution in [0.4, 0.5) is 5.82 Å². The highest BCUT2D eigenvalue weighted by Crippen LogP contribution is 2.29. The van der Waals surface area contributed by atoms with Crippen molar-refractivity contribution < 1.29 is 18.3 Å². The number of β-amino-alcohol motifs (C(OH)–C–C–N with tert-alkyl or cyclic N) is 1. The maximum atomic E-state index is 12.1. The fourth-order valence-corrected chi connectivity index (χ4v) is 2.99. The van der Waals surface area contributed by atoms with Crippen LogP contribution >= 0.6 is 0 Å². The SMILES string of the molecule is O=C(NS(=O)(=O)c1cccc(N2CC(O)C2)n1)C1CC1. The third kappa shape index (κ3) is 2.61. The standard InChI is InChI=1S/C12H15N3O4S/c16-9-6-15(7-9)10-2-1-3-11(13-10)20(18,19)14-12(17)8-4-5-8/h1-3,8-9,16H,4-7H2,(H,14,17). The quantitative estimate of drug-likeness (QED) is 0.775. The average Bonchev–Trinajstić information content (AvgIpc) is 3.19. The lowest BCUT2D eigenvalue weighted by molar-refractivity contribution is -0.120. The number of nitrogens with one attached hydrogen (secondary N) is 1. The van der Waals surface area contributed by atoms with E-state index in [0.717, 1.165) is 12.8 Å². The molecule has 3 rings (SSSR count). The van der Waals surface area contributed by atoms with E-state index in [2.05, 4.69) is 4.98 Å². The van der Waals surface area contributed by atoms with Crippen molar-refractivity contribution in [2.45, 2.75) is 24.0 Å². The van der Waals surface area contributed by atoms with Gasteiger partial charge in [0.25, 0.3) is 10.0 Å². The zero-order chi connectivity index (χ0) is 14.3. The summed E-state index contributed by atoms with van der Waals surface area (Å²) in [6, 6.07) is 4.60. The van der Waals surface area contributed by atoms with Crippen LogP contribution < -0.4 is 9.62 Å². The van der Waals surface area contributed by atoms with Crippen LogP contribution in [0.25, 0.3) is 0 Å². The van der Waals surface area contributed by atoms with Crippen molar-refractivity contribution in [3.8, 4) is 0 Å². The Labute approximate surface area is 116 Å². The predicted octanol–water partition coefficient (Wildman–Crippen LogP) is -0.523. The number of carbonyl (C=O) groups is 1. The summed E-state index contributed by atoms with van der Waals surface area (Å²) in [5.74, 6) is -0.160. The molecular weight excluding hydrogens is 282 g/mol. The molecule has 0 atom stereocenters. The molecule has 8 heteroatoms. The van der Waals surface area contributed by atoms with Gasteiger partial charge in [-0.1, -0.05) is 6.07 Å². The van der Waals surface area contributed by atoms with Gasteiger partial charge in [0.2, 0.25) is 5.91 Å². The van der Waals surface area contributed by atoms with E-state index >= 15 is 0 Å². The molecule has 2 heterocycles. The summed E-state index contributed by atoms with van der Waals surface area (Å²) in [6.45, 7) is 0.871. The molecule has 0 bridgehead atoms. The van der Waals surface area contributed by atoms with Crippen molar-refractivity contribution in [3.05, 3.63) is 18.2 Å². The third-order valence-electron chi connectivity index (χ3n) is 3.35. The molecule has 1 amide bonds. The number of pyridine rings is 1. The van der Waals surface area contributed by atoms with E-state index in [1.807, 2.05) is 4.72 Å². The van der Waals surface area contributed by atoms with Gasteiger partial charge in [-0.25, -0.2) is 9.71 Å². The Kier molecular flexibility index (Phi) is 3.14. The van der Waals surface area contributed by atoms with Crippen molar-refractivity contribution in [2.75, 3.05) is 18.0 Å². The number of aromatic nitrogens is 1. The van der Waals surface area contributed by atoms with Crippen LogP contribution in [-0.2, 0) is 14.8 Å². The van der Waals surface area contributed by atoms with E-state index in [0.29, 0.717) is 18.9 Å². The fraction of sp³-hybridized carbons (Fsp3) is 0.500. The highest BCUT2D eigenvalue weighted by atomic mass is 32.2. The summed E-state index contributed by atoms with van der Waals surface area (Å²) in [7, 11) is -3.92. The van der Waals surface area contributed by atoms with Gasteiger partial charge in [0.15, 0.2) is 5.03 Å². The summed E-state index contributed by atoms with van der Waals surface area (Å²) in [4.78, 5) is 17.4. The van der Waals surface area contributed by atoms with Crippen molar-refractivity contribution in [3.63, 3.8) is 0 Å². The molecule has 2 fully saturated rings. The summed E-state index contributed by atoms with van der Waals surface area (Å²) < 4.78 is 26.2. The van der Waals surface area contributed by atoms with Crippen LogP contribution in [0.5, 0.6) is 0 Å². The number of hydrogen-bond acceptors (Lipinski definition) is 6. The highest BCUT2D eigenvalue weighted by Gasteiger charge is 2.33. The Morgan fingerprint density at radius 1 is 1.35 bits per heavy atom. The molecular formula is C12H15N3O4S. The predicted molar refractivity (Wildman–Crippen MR) is 70.5 cm³/mol. The second-order valence-electron chi connectivity index (χ2n) is 5.14. The number of nitrogens with zero attached hydrogens (tertiary/aromatic N) is 2. The van der Waals surface area contributed by atoms with E-state index in [1.54, 1.807) is 17.0 Å². The van der Waals surface area contributed by atoms with Gasteiger partial charge in [-0.05, 0) is 25.0 Å². The average molecular weight is 297 g/mol. The first-order valence-corrected chi connectivity index (χ1v) is 7.91. The summed E-state index contributed by atoms with van der Waals surface area (Å²) in [6.07, 6.45) is 1.08. The van der Waals surface area contributed by atoms with Gasteiger partial charge < -0.3 is 10.0 Å². The number of sulfonamides is 1. The third-order valence-corrected chi connectivity index (χ3v) is 4.60. The first-order chi connectivity index (χ1) is 9.45. The van der Waals surface area contributed by atoms with Gasteiger partial charge in [-0.2, -0.15) is 8.42 Å². The molecule has 0 radical (unpaired) electrons. The van der Waals surface area contributed by atoms with E-state index < -0.39 is 22.0 Å². The van der Waals surface area contributed by atoms with E-state index in [4.69, 9.17) is 0 Å². The lowest BCUT2D eigenvalue weighted by atomic mass is 10.2. The minimum absolute atomic E-state index is 0.176. The van der Waals surface area contributed by atoms with Crippen LogP contribution in [0.3, 0.4) is 0 Å². The molecule has 0 aromatic carbocycles. The molecule has 1 saturated carbocycles. The minimum atomic E-state index is -3.92. The van der Waals surface area contributed by atoms with Crippen LogP contribution in [-0.4, -0.2) is 43.6 Å². The Bertz CT molecular complexity index is 636. The van der Waals surface area contributed by atoms with Gasteiger partial charge >= 0.3 is 0 Å². The normalized spacial score (nSPS) is 19.6. The largest absolute Gasteiger partial charge is 0.389 e. The second-order valence-corrected chi connectivity index (χ2v) is 6.77. The van der Waals surface area contributed by atoms with Gasteiger partial charge in [0, 0.05) is 19.0 Å². The Hall–Kier alpha value is -1.67. The molecule has 108 valence electrons. The van der Waals surface area contributed by atoms with Crippen molar-refractivity contribution >= 4 is 21.7 Å². The Morgan fingerprint density at radius 2 is 2.05 bits per heavy atom. The maximum Gasteiger partial charge on any atom is 0.281 e. The number of anilines is 1. The van der Waals surface area contributed by atoms with E-state index in [9.17, 15) is 18.3 Å². The molecule has 1 aromatic heterocycles. The van der Waals surface area contributed by atoms with E-state index in [1.165, 1.54) is 6.07 Å². The van der Waals surface area contributed by atoms with Gasteiger partial charge in [-0.15, -0.1) is 0 Å². The first-order valence-electron chi connectivity index (χ1n) is 6.42. The summed E-state index contributed by atoms with van der Waals surface area (Å²) in [5, 5.41) is 9.08. The molecule has 1 aromatic rings. The number of hydrogen-bond donors (Lipinski definition) is 2. The number of aliphatic hydroxyl groups is 1. The smallest absolute Gasteiger partial charge is 0.281 e. The van der Waals surface area contributed by atoms with Gasteiger partial charge in [0.1, 0.15) is 5.82 Å². The molecule has 1 aliphatic heterocycles. The minimum Gasteiger partial charge on any atom is -0.389 e. The molecule has 7 nitrogen and oxygen atoms in total. The van der Waals surface area contributed by atoms with Crippen molar-refractivity contribution in [1.29, 1.82) is 0 Å². The molecule has 2 aliphatic rings. The fourth-order valence-electron chi connectivity index (χ4n) is 1.99. The zero-order valence-electron chi connectivity index (χ0n) is 10.7. The Morgan fingerprint density at radius 3 is 2.65 bits per heavy atom. The lowest BCUT2D eigenvalue weighted by Crippen LogP contribution is -2.51. The summed E-state index contributed by atoms with van der Waals surface area (Å²) in [5.41, 5.74) is 0. The first kappa shape index (κ1) is 13.3. The second kappa shape index (κ2) is 4.71. The van der Waals surface area contributed by atoms with Gasteiger partial charge in [-0.3, -0.25) is 4.79 Å². The van der Waals surface area contributed by atoms with Gasteiger partial charge in [0.05, 0.1) is 6.10 Å². The van der Waals surface area contributed by atoms with Crippen LogP contribution in [0.1, 0.15) is 12.8 Å². The van der Waals surface area contributed by atoms with E-state index in [-0.39, 0.29) is 10.9 Å².